The molecule has 1 heterocycles. The quantitative estimate of drug-likeness (QED) is 0.827. The van der Waals surface area contributed by atoms with Gasteiger partial charge in [0.2, 0.25) is 5.91 Å². The number of benzene rings is 1. The number of aromatic carboxylic acids is 1. The van der Waals surface area contributed by atoms with E-state index in [-0.39, 0.29) is 27.9 Å². The molecule has 2 N–H and O–H groups in total. The van der Waals surface area contributed by atoms with Crippen LogP contribution in [0.3, 0.4) is 0 Å². The molecule has 0 spiro atoms. The van der Waals surface area contributed by atoms with Crippen molar-refractivity contribution in [1.29, 1.82) is 0 Å². The number of carbonyl (C=O) groups excluding carboxylic acids is 1. The van der Waals surface area contributed by atoms with E-state index in [1.165, 1.54) is 30.0 Å². The number of thioether (sulfide) groups is 1. The summed E-state index contributed by atoms with van der Waals surface area (Å²) in [5.74, 6) is -1.20. The van der Waals surface area contributed by atoms with Crippen LogP contribution in [0.15, 0.2) is 47.6 Å². The zero-order chi connectivity index (χ0) is 15.2. The van der Waals surface area contributed by atoms with E-state index in [0.29, 0.717) is 0 Å². The van der Waals surface area contributed by atoms with Crippen molar-refractivity contribution in [2.45, 2.75) is 5.03 Å². The van der Waals surface area contributed by atoms with E-state index in [4.69, 9.17) is 16.7 Å². The summed E-state index contributed by atoms with van der Waals surface area (Å²) in [5, 5.41) is 12.5. The van der Waals surface area contributed by atoms with Crippen molar-refractivity contribution in [3.05, 3.63) is 53.2 Å². The molecule has 0 radical (unpaired) electrons. The lowest BCUT2D eigenvalue weighted by atomic mass is 10.2. The summed E-state index contributed by atoms with van der Waals surface area (Å²) in [6, 6.07) is 9.57. The zero-order valence-corrected chi connectivity index (χ0v) is 12.3. The Morgan fingerprint density at radius 1 is 1.29 bits per heavy atom. The van der Waals surface area contributed by atoms with Gasteiger partial charge in [-0.3, -0.25) is 4.79 Å². The van der Waals surface area contributed by atoms with Crippen molar-refractivity contribution in [3.8, 4) is 0 Å². The highest BCUT2D eigenvalue weighted by Crippen LogP contribution is 2.24. The SMILES string of the molecule is O=C(CSc1ccccn1)Nc1cc(C(=O)O)ccc1Cl. The number of aromatic nitrogens is 1. The summed E-state index contributed by atoms with van der Waals surface area (Å²) in [6.07, 6.45) is 1.65. The van der Waals surface area contributed by atoms with Gasteiger partial charge in [-0.15, -0.1) is 0 Å². The number of hydrogen-bond donors (Lipinski definition) is 2. The monoisotopic (exact) mass is 322 g/mol. The molecule has 1 aromatic carbocycles. The number of amides is 1. The number of rotatable bonds is 5. The van der Waals surface area contributed by atoms with Crippen LogP contribution in [-0.2, 0) is 4.79 Å². The lowest BCUT2D eigenvalue weighted by Crippen LogP contribution is -2.15. The third-order valence-corrected chi connectivity index (χ3v) is 3.75. The number of hydrogen-bond acceptors (Lipinski definition) is 4. The molecule has 0 unspecified atom stereocenters. The molecule has 0 aliphatic heterocycles. The molecule has 0 atom stereocenters. The minimum absolute atomic E-state index is 0.0621. The first kappa shape index (κ1) is 15.3. The molecule has 1 amide bonds. The predicted molar refractivity (Wildman–Crippen MR) is 82.0 cm³/mol. The Kier molecular flexibility index (Phi) is 5.19. The minimum Gasteiger partial charge on any atom is -0.478 e. The van der Waals surface area contributed by atoms with Gasteiger partial charge in [0.05, 0.1) is 27.1 Å². The smallest absolute Gasteiger partial charge is 0.335 e. The Balaban J connectivity index is 1.99. The van der Waals surface area contributed by atoms with E-state index in [1.807, 2.05) is 6.07 Å². The molecule has 108 valence electrons. The molecule has 21 heavy (non-hydrogen) atoms. The number of anilines is 1. The van der Waals surface area contributed by atoms with Gasteiger partial charge in [0.25, 0.3) is 0 Å². The Bertz CT molecular complexity index is 665. The Hall–Kier alpha value is -2.05. The number of nitrogens with zero attached hydrogens (tertiary/aromatic N) is 1. The summed E-state index contributed by atoms with van der Waals surface area (Å²) in [7, 11) is 0. The van der Waals surface area contributed by atoms with Crippen LogP contribution in [0, 0.1) is 0 Å². The summed E-state index contributed by atoms with van der Waals surface area (Å²) >= 11 is 7.22. The Labute approximate surface area is 130 Å². The first-order chi connectivity index (χ1) is 10.1. The van der Waals surface area contributed by atoms with Gasteiger partial charge < -0.3 is 10.4 Å². The molecular formula is C14H11ClN2O3S. The first-order valence-corrected chi connectivity index (χ1v) is 7.29. The first-order valence-electron chi connectivity index (χ1n) is 5.93. The molecule has 0 saturated carbocycles. The van der Waals surface area contributed by atoms with Gasteiger partial charge in [0, 0.05) is 6.20 Å². The Morgan fingerprint density at radius 3 is 2.76 bits per heavy atom. The number of carboxylic acids is 1. The van der Waals surface area contributed by atoms with Gasteiger partial charge in [0.15, 0.2) is 0 Å². The third kappa shape index (κ3) is 4.47. The second-order valence-corrected chi connectivity index (χ2v) is 5.41. The van der Waals surface area contributed by atoms with Crippen LogP contribution in [0.25, 0.3) is 0 Å². The van der Waals surface area contributed by atoms with Gasteiger partial charge in [-0.25, -0.2) is 9.78 Å². The summed E-state index contributed by atoms with van der Waals surface area (Å²) in [5.41, 5.74) is 0.343. The highest BCUT2D eigenvalue weighted by Gasteiger charge is 2.10. The van der Waals surface area contributed by atoms with Crippen LogP contribution in [0.5, 0.6) is 0 Å². The van der Waals surface area contributed by atoms with E-state index >= 15 is 0 Å². The van der Waals surface area contributed by atoms with Crippen LogP contribution < -0.4 is 5.32 Å². The molecule has 1 aromatic heterocycles. The predicted octanol–water partition coefficient (Wildman–Crippen LogP) is 3.16. The molecule has 0 bridgehead atoms. The number of pyridine rings is 1. The van der Waals surface area contributed by atoms with Gasteiger partial charge >= 0.3 is 5.97 Å². The van der Waals surface area contributed by atoms with Crippen molar-refractivity contribution in [1.82, 2.24) is 4.98 Å². The van der Waals surface area contributed by atoms with E-state index in [0.717, 1.165) is 5.03 Å². The third-order valence-electron chi connectivity index (χ3n) is 2.48. The maximum atomic E-state index is 11.9. The van der Waals surface area contributed by atoms with Crippen molar-refractivity contribution in [3.63, 3.8) is 0 Å². The Morgan fingerprint density at radius 2 is 2.10 bits per heavy atom. The van der Waals surface area contributed by atoms with Gasteiger partial charge in [-0.2, -0.15) is 0 Å². The van der Waals surface area contributed by atoms with Crippen molar-refractivity contribution >= 4 is 40.9 Å². The maximum Gasteiger partial charge on any atom is 0.335 e. The fraction of sp³-hybridized carbons (Fsp3) is 0.0714. The second-order valence-electron chi connectivity index (χ2n) is 4.00. The molecule has 7 heteroatoms. The molecule has 0 fully saturated rings. The minimum atomic E-state index is -1.08. The lowest BCUT2D eigenvalue weighted by Gasteiger charge is -2.08. The van der Waals surface area contributed by atoms with E-state index in [9.17, 15) is 9.59 Å². The summed E-state index contributed by atoms with van der Waals surface area (Å²) in [4.78, 5) is 26.8. The number of carboxylic acid groups (broad SMARTS) is 1. The average molecular weight is 323 g/mol. The van der Waals surface area contributed by atoms with E-state index < -0.39 is 5.97 Å². The molecule has 0 aliphatic rings. The number of halogens is 1. The standard InChI is InChI=1S/C14H11ClN2O3S/c15-10-5-4-9(14(19)20)7-11(10)17-12(18)8-21-13-3-1-2-6-16-13/h1-7H,8H2,(H,17,18)(H,19,20). The fourth-order valence-electron chi connectivity index (χ4n) is 1.51. The maximum absolute atomic E-state index is 11.9. The van der Waals surface area contributed by atoms with Crippen LogP contribution >= 0.6 is 23.4 Å². The zero-order valence-electron chi connectivity index (χ0n) is 10.7. The van der Waals surface area contributed by atoms with Crippen LogP contribution in [0.1, 0.15) is 10.4 Å². The van der Waals surface area contributed by atoms with Crippen molar-refractivity contribution < 1.29 is 14.7 Å². The van der Waals surface area contributed by atoms with Crippen molar-refractivity contribution in [2.24, 2.45) is 0 Å². The van der Waals surface area contributed by atoms with Gasteiger partial charge in [-0.05, 0) is 30.3 Å². The van der Waals surface area contributed by atoms with Crippen LogP contribution in [0.2, 0.25) is 5.02 Å². The molecule has 5 nitrogen and oxygen atoms in total. The van der Waals surface area contributed by atoms with E-state index in [2.05, 4.69) is 10.3 Å². The van der Waals surface area contributed by atoms with Gasteiger partial charge in [0.1, 0.15) is 0 Å². The van der Waals surface area contributed by atoms with Gasteiger partial charge in [-0.1, -0.05) is 29.4 Å². The molecular weight excluding hydrogens is 312 g/mol. The summed E-state index contributed by atoms with van der Waals surface area (Å²) in [6.45, 7) is 0. The highest BCUT2D eigenvalue weighted by molar-refractivity contribution is 7.99. The lowest BCUT2D eigenvalue weighted by molar-refractivity contribution is -0.113. The van der Waals surface area contributed by atoms with Crippen LogP contribution in [0.4, 0.5) is 5.69 Å². The summed E-state index contributed by atoms with van der Waals surface area (Å²) < 4.78 is 0. The normalized spacial score (nSPS) is 10.1. The van der Waals surface area contributed by atoms with Crippen molar-refractivity contribution in [2.75, 3.05) is 11.1 Å². The topological polar surface area (TPSA) is 79.3 Å². The molecule has 2 rings (SSSR count). The average Bonchev–Trinajstić information content (AvgIpc) is 2.48. The molecule has 2 aromatic rings. The molecule has 0 saturated heterocycles. The molecule has 0 aliphatic carbocycles. The largest absolute Gasteiger partial charge is 0.478 e. The van der Waals surface area contributed by atoms with E-state index in [1.54, 1.807) is 18.3 Å². The number of nitrogens with one attached hydrogen (secondary N) is 1. The highest BCUT2D eigenvalue weighted by atomic mass is 35.5. The fourth-order valence-corrected chi connectivity index (χ4v) is 2.34. The second kappa shape index (κ2) is 7.10. The van der Waals surface area contributed by atoms with Crippen LogP contribution in [-0.4, -0.2) is 27.7 Å². The number of carbonyl (C=O) groups is 2.